The van der Waals surface area contributed by atoms with Gasteiger partial charge in [-0.25, -0.2) is 0 Å². The Morgan fingerprint density at radius 3 is 2.57 bits per heavy atom. The first-order valence-electron chi connectivity index (χ1n) is 7.42. The highest BCUT2D eigenvalue weighted by Gasteiger charge is 2.11. The molecule has 4 heteroatoms. The van der Waals surface area contributed by atoms with Gasteiger partial charge in [-0.3, -0.25) is 9.59 Å². The quantitative estimate of drug-likeness (QED) is 0.596. The fraction of sp³-hybridized carbons (Fsp3) is 0.158. The first-order chi connectivity index (χ1) is 11.0. The number of rotatable bonds is 3. The minimum Gasteiger partial charge on any atom is -0.427 e. The summed E-state index contributed by atoms with van der Waals surface area (Å²) in [6, 6.07) is 15.2. The summed E-state index contributed by atoms with van der Waals surface area (Å²) in [4.78, 5) is 26.4. The molecule has 1 aromatic heterocycles. The van der Waals surface area contributed by atoms with E-state index in [0.29, 0.717) is 17.7 Å². The van der Waals surface area contributed by atoms with Crippen molar-refractivity contribution in [3.63, 3.8) is 0 Å². The standard InChI is InChI=1S/C19H17NO3/c1-12-16-9-8-15(23-13(2)21)11-18(16)20-19(22)17(12)10-14-6-4-3-5-7-14/h3-9,11H,10H2,1-2H3,(H,20,22). The van der Waals surface area contributed by atoms with E-state index in [0.717, 1.165) is 22.1 Å². The molecule has 0 aliphatic rings. The van der Waals surface area contributed by atoms with Crippen LogP contribution in [0.15, 0.2) is 53.3 Å². The molecule has 0 amide bonds. The van der Waals surface area contributed by atoms with Gasteiger partial charge in [0.1, 0.15) is 5.75 Å². The van der Waals surface area contributed by atoms with Crippen molar-refractivity contribution in [2.45, 2.75) is 20.3 Å². The second-order valence-electron chi connectivity index (χ2n) is 5.52. The number of benzene rings is 2. The highest BCUT2D eigenvalue weighted by atomic mass is 16.5. The Morgan fingerprint density at radius 1 is 1.13 bits per heavy atom. The summed E-state index contributed by atoms with van der Waals surface area (Å²) in [5.74, 6) is 0.0416. The number of aryl methyl sites for hydroxylation is 1. The van der Waals surface area contributed by atoms with E-state index in [-0.39, 0.29) is 11.5 Å². The molecule has 0 aliphatic carbocycles. The van der Waals surface area contributed by atoms with E-state index >= 15 is 0 Å². The Labute approximate surface area is 133 Å². The molecule has 3 aromatic rings. The van der Waals surface area contributed by atoms with Crippen LogP contribution in [0.1, 0.15) is 23.6 Å². The van der Waals surface area contributed by atoms with Crippen molar-refractivity contribution in [3.05, 3.63) is 75.6 Å². The summed E-state index contributed by atoms with van der Waals surface area (Å²) >= 11 is 0. The van der Waals surface area contributed by atoms with Gasteiger partial charge in [0.15, 0.2) is 0 Å². The minimum absolute atomic E-state index is 0.112. The lowest BCUT2D eigenvalue weighted by molar-refractivity contribution is -0.131. The number of nitrogens with one attached hydrogen (secondary N) is 1. The van der Waals surface area contributed by atoms with Crippen molar-refractivity contribution < 1.29 is 9.53 Å². The van der Waals surface area contributed by atoms with Crippen molar-refractivity contribution in [3.8, 4) is 5.75 Å². The molecule has 0 radical (unpaired) electrons. The summed E-state index contributed by atoms with van der Waals surface area (Å²) < 4.78 is 5.07. The molecule has 0 saturated carbocycles. The maximum absolute atomic E-state index is 12.4. The van der Waals surface area contributed by atoms with Gasteiger partial charge >= 0.3 is 5.97 Å². The van der Waals surface area contributed by atoms with Crippen LogP contribution in [0.2, 0.25) is 0 Å². The molecular weight excluding hydrogens is 290 g/mol. The molecule has 3 rings (SSSR count). The first-order valence-corrected chi connectivity index (χ1v) is 7.42. The van der Waals surface area contributed by atoms with Crippen LogP contribution in [0.4, 0.5) is 0 Å². The largest absolute Gasteiger partial charge is 0.427 e. The Hall–Kier alpha value is -2.88. The molecule has 1 heterocycles. The topological polar surface area (TPSA) is 59.2 Å². The van der Waals surface area contributed by atoms with E-state index in [9.17, 15) is 9.59 Å². The predicted molar refractivity (Wildman–Crippen MR) is 89.9 cm³/mol. The molecule has 0 spiro atoms. The van der Waals surface area contributed by atoms with Crippen molar-refractivity contribution in [2.75, 3.05) is 0 Å². The molecule has 1 N–H and O–H groups in total. The van der Waals surface area contributed by atoms with Gasteiger partial charge in [-0.2, -0.15) is 0 Å². The van der Waals surface area contributed by atoms with Crippen LogP contribution in [-0.2, 0) is 11.2 Å². The predicted octanol–water partition coefficient (Wildman–Crippen LogP) is 3.35. The zero-order valence-electron chi connectivity index (χ0n) is 13.1. The van der Waals surface area contributed by atoms with E-state index < -0.39 is 0 Å². The zero-order valence-corrected chi connectivity index (χ0v) is 13.1. The maximum atomic E-state index is 12.4. The number of ether oxygens (including phenoxy) is 1. The van der Waals surface area contributed by atoms with Crippen molar-refractivity contribution in [2.24, 2.45) is 0 Å². The van der Waals surface area contributed by atoms with Crippen molar-refractivity contribution >= 4 is 16.9 Å². The van der Waals surface area contributed by atoms with Gasteiger partial charge < -0.3 is 9.72 Å². The Bertz CT molecular complexity index is 926. The average molecular weight is 307 g/mol. The van der Waals surface area contributed by atoms with Crippen LogP contribution in [0.5, 0.6) is 5.75 Å². The smallest absolute Gasteiger partial charge is 0.308 e. The Morgan fingerprint density at radius 2 is 1.87 bits per heavy atom. The molecule has 0 saturated heterocycles. The number of H-pyrrole nitrogens is 1. The molecule has 116 valence electrons. The SMILES string of the molecule is CC(=O)Oc1ccc2c(C)c(Cc3ccccc3)c(=O)[nH]c2c1. The third-order valence-electron chi connectivity index (χ3n) is 3.86. The third kappa shape index (κ3) is 3.16. The van der Waals surface area contributed by atoms with E-state index in [4.69, 9.17) is 4.74 Å². The molecule has 0 bridgehead atoms. The molecule has 0 atom stereocenters. The second-order valence-corrected chi connectivity index (χ2v) is 5.52. The van der Waals surface area contributed by atoms with Gasteiger partial charge in [-0.05, 0) is 30.2 Å². The van der Waals surface area contributed by atoms with Crippen LogP contribution < -0.4 is 10.3 Å². The van der Waals surface area contributed by atoms with Crippen LogP contribution in [0, 0.1) is 6.92 Å². The molecule has 0 fully saturated rings. The van der Waals surface area contributed by atoms with Crippen LogP contribution in [0.25, 0.3) is 10.9 Å². The maximum Gasteiger partial charge on any atom is 0.308 e. The fourth-order valence-electron chi connectivity index (χ4n) is 2.73. The van der Waals surface area contributed by atoms with Gasteiger partial charge in [0.2, 0.25) is 0 Å². The number of pyridine rings is 1. The number of aromatic amines is 1. The molecule has 2 aromatic carbocycles. The molecular formula is C19H17NO3. The number of carbonyl (C=O) groups excluding carboxylic acids is 1. The van der Waals surface area contributed by atoms with E-state index in [1.165, 1.54) is 6.92 Å². The number of hydrogen-bond acceptors (Lipinski definition) is 3. The highest BCUT2D eigenvalue weighted by molar-refractivity contribution is 5.85. The van der Waals surface area contributed by atoms with Gasteiger partial charge in [0.25, 0.3) is 5.56 Å². The highest BCUT2D eigenvalue weighted by Crippen LogP contribution is 2.23. The normalized spacial score (nSPS) is 10.7. The van der Waals surface area contributed by atoms with Crippen LogP contribution in [0.3, 0.4) is 0 Å². The molecule has 23 heavy (non-hydrogen) atoms. The number of aromatic nitrogens is 1. The van der Waals surface area contributed by atoms with Gasteiger partial charge in [-0.1, -0.05) is 30.3 Å². The fourth-order valence-corrected chi connectivity index (χ4v) is 2.73. The first kappa shape index (κ1) is 15.0. The summed E-state index contributed by atoms with van der Waals surface area (Å²) in [6.45, 7) is 3.29. The van der Waals surface area contributed by atoms with E-state index in [1.807, 2.05) is 43.3 Å². The number of carbonyl (C=O) groups is 1. The monoisotopic (exact) mass is 307 g/mol. The molecule has 0 aliphatic heterocycles. The van der Waals surface area contributed by atoms with Gasteiger partial charge in [-0.15, -0.1) is 0 Å². The second kappa shape index (κ2) is 6.08. The number of fused-ring (bicyclic) bond motifs is 1. The van der Waals surface area contributed by atoms with Gasteiger partial charge in [0.05, 0.1) is 5.52 Å². The minimum atomic E-state index is -0.385. The number of esters is 1. The Balaban J connectivity index is 2.07. The van der Waals surface area contributed by atoms with Crippen LogP contribution in [-0.4, -0.2) is 11.0 Å². The molecule has 4 nitrogen and oxygen atoms in total. The van der Waals surface area contributed by atoms with Crippen LogP contribution >= 0.6 is 0 Å². The number of hydrogen-bond donors (Lipinski definition) is 1. The van der Waals surface area contributed by atoms with Crippen molar-refractivity contribution in [1.82, 2.24) is 4.98 Å². The lowest BCUT2D eigenvalue weighted by Crippen LogP contribution is -2.15. The summed E-state index contributed by atoms with van der Waals surface area (Å²) in [5.41, 5.74) is 3.35. The molecule has 0 unspecified atom stereocenters. The average Bonchev–Trinajstić information content (AvgIpc) is 2.51. The summed E-state index contributed by atoms with van der Waals surface area (Å²) in [6.07, 6.45) is 0.587. The lowest BCUT2D eigenvalue weighted by Gasteiger charge is -2.10. The lowest BCUT2D eigenvalue weighted by atomic mass is 9.99. The van der Waals surface area contributed by atoms with E-state index in [2.05, 4.69) is 4.98 Å². The summed E-state index contributed by atoms with van der Waals surface area (Å²) in [5, 5.41) is 0.950. The zero-order chi connectivity index (χ0) is 16.4. The van der Waals surface area contributed by atoms with Crippen molar-refractivity contribution in [1.29, 1.82) is 0 Å². The Kier molecular flexibility index (Phi) is 3.98. The van der Waals surface area contributed by atoms with E-state index in [1.54, 1.807) is 12.1 Å². The third-order valence-corrected chi connectivity index (χ3v) is 3.86. The summed E-state index contributed by atoms with van der Waals surface area (Å²) in [7, 11) is 0. The van der Waals surface area contributed by atoms with Gasteiger partial charge in [0, 0.05) is 30.4 Å².